The van der Waals surface area contributed by atoms with Crippen molar-refractivity contribution < 1.29 is 67.1 Å². The van der Waals surface area contributed by atoms with E-state index in [4.69, 9.17) is 20.0 Å². The third-order valence-corrected chi connectivity index (χ3v) is 11.4. The van der Waals surface area contributed by atoms with Crippen LogP contribution in [0.2, 0.25) is 0 Å². The topological polar surface area (TPSA) is 336 Å². The van der Waals surface area contributed by atoms with Crippen LogP contribution in [0.3, 0.4) is 0 Å². The lowest BCUT2D eigenvalue weighted by atomic mass is 10.0. The van der Waals surface area contributed by atoms with E-state index in [9.17, 15) is 48.2 Å². The van der Waals surface area contributed by atoms with Gasteiger partial charge in [0.2, 0.25) is 35.4 Å². The molecule has 1 fully saturated rings. The summed E-state index contributed by atoms with van der Waals surface area (Å²) in [6.45, 7) is 13.9. The minimum Gasteiger partial charge on any atom is -0.394 e. The number of phosphoric ester groups is 1. The lowest BCUT2D eigenvalue weighted by Crippen LogP contribution is -2.61. The largest absolute Gasteiger partial charge is 0.469 e. The zero-order valence-electron chi connectivity index (χ0n) is 40.7. The molecule has 1 aromatic carbocycles. The second-order valence-corrected chi connectivity index (χ2v) is 20.1. The molecule has 0 saturated carbocycles. The third-order valence-electron chi connectivity index (χ3n) is 10.8. The molecular weight excluding hydrogens is 922 g/mol. The first-order chi connectivity index (χ1) is 32.3. The van der Waals surface area contributed by atoms with Crippen molar-refractivity contribution in [1.82, 2.24) is 36.1 Å². The smallest absolute Gasteiger partial charge is 0.394 e. The van der Waals surface area contributed by atoms with Crippen LogP contribution in [0.4, 0.5) is 0 Å². The Labute approximate surface area is 403 Å². The van der Waals surface area contributed by atoms with Gasteiger partial charge in [-0.05, 0) is 78.7 Å². The van der Waals surface area contributed by atoms with Crippen molar-refractivity contribution in [2.45, 2.75) is 154 Å². The molecule has 1 aliphatic rings. The molecular formula is C45H72N9O14P. The predicted molar refractivity (Wildman–Crippen MR) is 252 cm³/mol. The summed E-state index contributed by atoms with van der Waals surface area (Å²) in [6.07, 6.45) is 3.81. The number of H-pyrrole nitrogens is 1. The molecule has 0 spiro atoms. The number of nitrogens with one attached hydrogen (secondary N) is 5. The number of aryl methyl sites for hydroxylation is 1. The van der Waals surface area contributed by atoms with E-state index in [0.29, 0.717) is 25.1 Å². The first-order valence-electron chi connectivity index (χ1n) is 22.9. The number of amides is 6. The fourth-order valence-corrected chi connectivity index (χ4v) is 7.73. The van der Waals surface area contributed by atoms with Crippen molar-refractivity contribution in [1.29, 1.82) is 0 Å². The van der Waals surface area contributed by atoms with Crippen LogP contribution in [0.1, 0.15) is 98.8 Å². The average molecular weight is 994 g/mol. The Balaban J connectivity index is 1.80. The highest BCUT2D eigenvalue weighted by Crippen LogP contribution is 2.38. The number of aromatic amines is 1. The van der Waals surface area contributed by atoms with Crippen LogP contribution >= 0.6 is 7.82 Å². The number of primary amides is 1. The SMILES string of the molecule is CC(C)CC(NC(=O)C1CC(ON=CCCc2ccccc2)CN1C(=O)CCOC(C)(C)CCOC(C)(C)C)C(=O)NC(Cc1cnc[nH]1)C(=O)NC(CO)C(=O)NC(C(N)=O)C(C)OP(=O)(O)O. The Morgan fingerprint density at radius 3 is 2.19 bits per heavy atom. The number of rotatable bonds is 29. The van der Waals surface area contributed by atoms with Gasteiger partial charge < -0.3 is 66.1 Å². The lowest BCUT2D eigenvalue weighted by Gasteiger charge is -2.29. The van der Waals surface area contributed by atoms with E-state index in [0.717, 1.165) is 18.9 Å². The molecule has 7 unspecified atom stereocenters. The molecule has 2 aromatic rings. The maximum absolute atomic E-state index is 14.3. The van der Waals surface area contributed by atoms with Gasteiger partial charge in [-0.2, -0.15) is 0 Å². The Morgan fingerprint density at radius 1 is 0.942 bits per heavy atom. The van der Waals surface area contributed by atoms with Crippen molar-refractivity contribution in [3.8, 4) is 0 Å². The van der Waals surface area contributed by atoms with Gasteiger partial charge in [0.1, 0.15) is 36.3 Å². The number of oxime groups is 1. The van der Waals surface area contributed by atoms with Crippen LogP contribution in [0.25, 0.3) is 0 Å². The van der Waals surface area contributed by atoms with E-state index in [1.807, 2.05) is 78.8 Å². The van der Waals surface area contributed by atoms with Crippen molar-refractivity contribution >= 4 is 49.5 Å². The highest BCUT2D eigenvalue weighted by atomic mass is 31.2. The summed E-state index contributed by atoms with van der Waals surface area (Å²) >= 11 is 0. The number of benzene rings is 1. The fraction of sp³-hybridized carbons (Fsp3) is 0.644. The maximum Gasteiger partial charge on any atom is 0.469 e. The quantitative estimate of drug-likeness (QED) is 0.0311. The van der Waals surface area contributed by atoms with Crippen molar-refractivity contribution in [2.24, 2.45) is 16.8 Å². The summed E-state index contributed by atoms with van der Waals surface area (Å²) in [4.78, 5) is 114. The molecule has 0 aliphatic carbocycles. The van der Waals surface area contributed by atoms with Gasteiger partial charge in [-0.3, -0.25) is 33.3 Å². The van der Waals surface area contributed by atoms with Gasteiger partial charge >= 0.3 is 7.82 Å². The van der Waals surface area contributed by atoms with Crippen LogP contribution < -0.4 is 27.0 Å². The number of hydrogen-bond acceptors (Lipinski definition) is 14. The van der Waals surface area contributed by atoms with Crippen LogP contribution in [0.15, 0.2) is 48.0 Å². The van der Waals surface area contributed by atoms with Gasteiger partial charge in [-0.1, -0.05) is 49.3 Å². The summed E-state index contributed by atoms with van der Waals surface area (Å²) < 4.78 is 27.8. The number of carbonyl (C=O) groups excluding carboxylic acids is 6. The number of aromatic nitrogens is 2. The Bertz CT molecular complexity index is 2050. The monoisotopic (exact) mass is 993 g/mol. The summed E-state index contributed by atoms with van der Waals surface area (Å²) in [7, 11) is -5.13. The molecule has 6 amide bonds. The van der Waals surface area contributed by atoms with Crippen molar-refractivity contribution in [3.05, 3.63) is 54.1 Å². The summed E-state index contributed by atoms with van der Waals surface area (Å²) in [5.74, 6) is -5.41. The number of nitrogens with two attached hydrogens (primary N) is 1. The third kappa shape index (κ3) is 21.5. The summed E-state index contributed by atoms with van der Waals surface area (Å²) in [5.41, 5.74) is 5.90. The number of aliphatic hydroxyl groups is 1. The minimum atomic E-state index is -5.13. The van der Waals surface area contributed by atoms with E-state index in [1.165, 1.54) is 17.4 Å². The number of hydrogen-bond donors (Lipinski definition) is 9. The normalized spacial score (nSPS) is 17.7. The van der Waals surface area contributed by atoms with Gasteiger partial charge in [-0.25, -0.2) is 9.55 Å². The summed E-state index contributed by atoms with van der Waals surface area (Å²) in [6, 6.07) is 2.49. The van der Waals surface area contributed by atoms with Gasteiger partial charge in [0.15, 0.2) is 0 Å². The first-order valence-corrected chi connectivity index (χ1v) is 24.4. The molecule has 2 heterocycles. The maximum atomic E-state index is 14.3. The van der Waals surface area contributed by atoms with Gasteiger partial charge in [0.25, 0.3) is 0 Å². The van der Waals surface area contributed by atoms with Crippen LogP contribution in [0, 0.1) is 5.92 Å². The number of ether oxygens (including phenoxy) is 2. The molecule has 0 radical (unpaired) electrons. The highest BCUT2D eigenvalue weighted by Gasteiger charge is 2.42. The molecule has 23 nitrogen and oxygen atoms in total. The number of aliphatic hydroxyl groups excluding tert-OH is 1. The zero-order valence-corrected chi connectivity index (χ0v) is 41.6. The van der Waals surface area contributed by atoms with Gasteiger partial charge in [0, 0.05) is 37.6 Å². The Kier molecular flexibility index (Phi) is 22.9. The van der Waals surface area contributed by atoms with Crippen LogP contribution in [-0.4, -0.2) is 151 Å². The minimum absolute atomic E-state index is 0.0264. The number of nitrogens with zero attached hydrogens (tertiary/aromatic N) is 3. The molecule has 0 bridgehead atoms. The Hall–Kier alpha value is -5.29. The molecule has 10 N–H and O–H groups in total. The second-order valence-electron chi connectivity index (χ2n) is 18.9. The standard InChI is InChI=1S/C45H72N9O14P/c1-28(2)21-33(40(58)50-34(22-31-24-47-27-48-31)41(59)52-35(26-55)42(60)53-38(39(46)57)29(3)68-69(62,63)64)51-43(61)36-23-32(67-49-18-12-15-30-13-10-9-11-14-30)25-54(36)37(56)16-19-66-45(7,8)17-20-65-44(4,5)6/h9-11,13-14,18,24,27-29,32-36,38,55H,12,15-17,19-23,25-26H2,1-8H3,(H2,46,57)(H,47,48)(H,50,58)(H,51,61)(H,52,59)(H,53,60)(H2,62,63,64). The van der Waals surface area contributed by atoms with E-state index in [2.05, 4.69) is 40.9 Å². The van der Waals surface area contributed by atoms with Gasteiger partial charge in [-0.15, -0.1) is 0 Å². The van der Waals surface area contributed by atoms with E-state index >= 15 is 0 Å². The second kappa shape index (κ2) is 27.2. The molecule has 1 saturated heterocycles. The van der Waals surface area contributed by atoms with Crippen LogP contribution in [-0.2, 0) is 65.0 Å². The van der Waals surface area contributed by atoms with E-state index in [-0.39, 0.29) is 56.3 Å². The number of likely N-dealkylation sites (tertiary alicyclic amines) is 1. The number of phosphoric acid groups is 1. The van der Waals surface area contributed by atoms with E-state index in [1.54, 1.807) is 6.21 Å². The molecule has 69 heavy (non-hydrogen) atoms. The molecule has 3 rings (SSSR count). The molecule has 7 atom stereocenters. The molecule has 1 aromatic heterocycles. The fourth-order valence-electron chi connectivity index (χ4n) is 7.18. The average Bonchev–Trinajstić information content (AvgIpc) is 3.93. The van der Waals surface area contributed by atoms with Crippen molar-refractivity contribution in [2.75, 3.05) is 26.4 Å². The highest BCUT2D eigenvalue weighted by molar-refractivity contribution is 7.46. The lowest BCUT2D eigenvalue weighted by molar-refractivity contribution is -0.141. The van der Waals surface area contributed by atoms with E-state index < -0.39 is 92.0 Å². The molecule has 1 aliphatic heterocycles. The zero-order chi connectivity index (χ0) is 51.5. The molecule has 386 valence electrons. The van der Waals surface area contributed by atoms with Gasteiger partial charge in [0.05, 0.1) is 49.8 Å². The van der Waals surface area contributed by atoms with Crippen molar-refractivity contribution in [3.63, 3.8) is 0 Å². The number of carbonyl (C=O) groups is 6. The first kappa shape index (κ1) is 58.0. The Morgan fingerprint density at radius 2 is 1.59 bits per heavy atom. The van der Waals surface area contributed by atoms with Crippen LogP contribution in [0.5, 0.6) is 0 Å². The summed E-state index contributed by atoms with van der Waals surface area (Å²) in [5, 5.41) is 24.1. The number of imidazole rings is 1. The molecule has 24 heteroatoms. The predicted octanol–water partition coefficient (Wildman–Crippen LogP) is 0.908.